The molecule has 10 heavy (non-hydrogen) atoms. The van der Waals surface area contributed by atoms with Crippen molar-refractivity contribution >= 4 is 11.3 Å². The summed E-state index contributed by atoms with van der Waals surface area (Å²) in [5.74, 6) is 0. The Bertz CT molecular complexity index is 209. The Labute approximate surface area is 63.0 Å². The molecule has 0 unspecified atom stereocenters. The van der Waals surface area contributed by atoms with E-state index in [1.807, 2.05) is 6.92 Å². The van der Waals surface area contributed by atoms with E-state index in [-0.39, 0.29) is 6.42 Å². The minimum absolute atomic E-state index is 0.288. The van der Waals surface area contributed by atoms with Crippen LogP contribution in [0.2, 0.25) is 0 Å². The third-order valence-electron chi connectivity index (χ3n) is 1.21. The largest absolute Gasteiger partial charge is 0.368 e. The first-order chi connectivity index (χ1) is 4.70. The molecular weight excluding hydrogens is 150 g/mol. The molecule has 0 fully saturated rings. The average Bonchev–Trinajstić information content (AvgIpc) is 2.15. The number of rotatable bonds is 2. The van der Waals surface area contributed by atoms with Gasteiger partial charge in [-0.25, -0.2) is 4.98 Å². The van der Waals surface area contributed by atoms with Crippen LogP contribution in [0.1, 0.15) is 10.6 Å². The van der Waals surface area contributed by atoms with E-state index >= 15 is 0 Å². The highest BCUT2D eigenvalue weighted by molar-refractivity contribution is 7.09. The second-order valence-corrected chi connectivity index (χ2v) is 2.99. The van der Waals surface area contributed by atoms with Gasteiger partial charge in [-0.1, -0.05) is 0 Å². The first kappa shape index (κ1) is 7.65. The molecule has 56 valence electrons. The van der Waals surface area contributed by atoms with Gasteiger partial charge in [0.25, 0.3) is 0 Å². The standard InChI is InChI=1S/C6H9NO2S/c1-4-5(2-6(8)9)10-3-7-4/h3,6,8-9H,2H2,1H3. The van der Waals surface area contributed by atoms with Crippen molar-refractivity contribution in [3.63, 3.8) is 0 Å². The van der Waals surface area contributed by atoms with Crippen LogP contribution in [0.15, 0.2) is 5.51 Å². The first-order valence-electron chi connectivity index (χ1n) is 2.95. The van der Waals surface area contributed by atoms with Crippen molar-refractivity contribution < 1.29 is 10.2 Å². The summed E-state index contributed by atoms with van der Waals surface area (Å²) in [5, 5.41) is 17.2. The Morgan fingerprint density at radius 2 is 2.40 bits per heavy atom. The van der Waals surface area contributed by atoms with E-state index in [1.165, 1.54) is 11.3 Å². The molecule has 0 amide bonds. The van der Waals surface area contributed by atoms with E-state index < -0.39 is 6.29 Å². The van der Waals surface area contributed by atoms with Crippen LogP contribution in [0.4, 0.5) is 0 Å². The van der Waals surface area contributed by atoms with Gasteiger partial charge in [-0.15, -0.1) is 11.3 Å². The van der Waals surface area contributed by atoms with Gasteiger partial charge in [0.2, 0.25) is 0 Å². The lowest BCUT2D eigenvalue weighted by Crippen LogP contribution is -2.07. The van der Waals surface area contributed by atoms with Crippen molar-refractivity contribution in [1.29, 1.82) is 0 Å². The minimum atomic E-state index is -1.25. The van der Waals surface area contributed by atoms with E-state index in [0.29, 0.717) is 0 Å². The number of aromatic nitrogens is 1. The maximum Gasteiger partial charge on any atom is 0.156 e. The van der Waals surface area contributed by atoms with Crippen LogP contribution in [0.25, 0.3) is 0 Å². The van der Waals surface area contributed by atoms with Crippen molar-refractivity contribution in [3.05, 3.63) is 16.1 Å². The fraction of sp³-hybridized carbons (Fsp3) is 0.500. The third-order valence-corrected chi connectivity index (χ3v) is 2.17. The topological polar surface area (TPSA) is 53.4 Å². The fourth-order valence-corrected chi connectivity index (χ4v) is 1.49. The summed E-state index contributed by atoms with van der Waals surface area (Å²) in [5.41, 5.74) is 2.59. The Morgan fingerprint density at radius 3 is 2.80 bits per heavy atom. The third kappa shape index (κ3) is 1.76. The van der Waals surface area contributed by atoms with Crippen molar-refractivity contribution in [3.8, 4) is 0 Å². The summed E-state index contributed by atoms with van der Waals surface area (Å²) in [6, 6.07) is 0. The van der Waals surface area contributed by atoms with Crippen LogP contribution in [0.5, 0.6) is 0 Å². The second kappa shape index (κ2) is 3.09. The number of aliphatic hydroxyl groups excluding tert-OH is 1. The summed E-state index contributed by atoms with van der Waals surface area (Å²) in [4.78, 5) is 4.91. The zero-order chi connectivity index (χ0) is 7.56. The molecular formula is C6H9NO2S. The van der Waals surface area contributed by atoms with Gasteiger partial charge in [0, 0.05) is 11.3 Å². The Balaban J connectivity index is 2.65. The number of aliphatic hydroxyl groups is 2. The zero-order valence-electron chi connectivity index (χ0n) is 5.61. The number of nitrogens with zero attached hydrogens (tertiary/aromatic N) is 1. The second-order valence-electron chi connectivity index (χ2n) is 2.05. The normalized spacial score (nSPS) is 10.8. The van der Waals surface area contributed by atoms with Gasteiger partial charge in [-0.3, -0.25) is 0 Å². The van der Waals surface area contributed by atoms with Crippen LogP contribution in [0.3, 0.4) is 0 Å². The maximum absolute atomic E-state index is 8.58. The maximum atomic E-state index is 8.58. The van der Waals surface area contributed by atoms with E-state index in [2.05, 4.69) is 4.98 Å². The molecule has 0 aliphatic heterocycles. The van der Waals surface area contributed by atoms with Gasteiger partial charge in [0.1, 0.15) is 0 Å². The van der Waals surface area contributed by atoms with Crippen LogP contribution in [-0.2, 0) is 6.42 Å². The van der Waals surface area contributed by atoms with Crippen molar-refractivity contribution in [2.75, 3.05) is 0 Å². The van der Waals surface area contributed by atoms with Crippen LogP contribution < -0.4 is 0 Å². The molecule has 1 heterocycles. The number of hydrogen-bond donors (Lipinski definition) is 2. The highest BCUT2D eigenvalue weighted by Crippen LogP contribution is 2.13. The van der Waals surface area contributed by atoms with Crippen LogP contribution in [0, 0.1) is 6.92 Å². The highest BCUT2D eigenvalue weighted by Gasteiger charge is 2.04. The van der Waals surface area contributed by atoms with Gasteiger partial charge < -0.3 is 10.2 Å². The predicted octanol–water partition coefficient (Wildman–Crippen LogP) is 0.305. The van der Waals surface area contributed by atoms with Gasteiger partial charge in [0.15, 0.2) is 6.29 Å². The van der Waals surface area contributed by atoms with E-state index in [9.17, 15) is 0 Å². The molecule has 4 heteroatoms. The van der Waals surface area contributed by atoms with Crippen molar-refractivity contribution in [1.82, 2.24) is 4.98 Å². The van der Waals surface area contributed by atoms with Gasteiger partial charge in [-0.05, 0) is 6.92 Å². The predicted molar refractivity (Wildman–Crippen MR) is 38.8 cm³/mol. The molecule has 1 aromatic rings. The molecule has 0 radical (unpaired) electrons. The minimum Gasteiger partial charge on any atom is -0.368 e. The average molecular weight is 159 g/mol. The van der Waals surface area contributed by atoms with Crippen LogP contribution >= 0.6 is 11.3 Å². The summed E-state index contributed by atoms with van der Waals surface area (Å²) >= 11 is 1.45. The van der Waals surface area contributed by atoms with Crippen molar-refractivity contribution in [2.24, 2.45) is 0 Å². The lowest BCUT2D eigenvalue weighted by atomic mass is 10.3. The van der Waals surface area contributed by atoms with Gasteiger partial charge in [-0.2, -0.15) is 0 Å². The number of thiazole rings is 1. The quantitative estimate of drug-likeness (QED) is 0.610. The molecule has 0 aliphatic rings. The van der Waals surface area contributed by atoms with E-state index in [1.54, 1.807) is 5.51 Å². The number of hydrogen-bond acceptors (Lipinski definition) is 4. The van der Waals surface area contributed by atoms with E-state index in [0.717, 1.165) is 10.6 Å². The molecule has 1 rings (SSSR count). The van der Waals surface area contributed by atoms with Crippen molar-refractivity contribution in [2.45, 2.75) is 19.6 Å². The molecule has 3 nitrogen and oxygen atoms in total. The van der Waals surface area contributed by atoms with E-state index in [4.69, 9.17) is 10.2 Å². The molecule has 0 atom stereocenters. The zero-order valence-corrected chi connectivity index (χ0v) is 6.43. The van der Waals surface area contributed by atoms with Crippen LogP contribution in [-0.4, -0.2) is 21.5 Å². The smallest absolute Gasteiger partial charge is 0.156 e. The lowest BCUT2D eigenvalue weighted by Gasteiger charge is -1.99. The molecule has 1 aromatic heterocycles. The highest BCUT2D eigenvalue weighted by atomic mass is 32.1. The Morgan fingerprint density at radius 1 is 1.70 bits per heavy atom. The monoisotopic (exact) mass is 159 g/mol. The SMILES string of the molecule is Cc1ncsc1CC(O)O. The fourth-order valence-electron chi connectivity index (χ4n) is 0.688. The molecule has 2 N–H and O–H groups in total. The molecule has 0 saturated carbocycles. The Hall–Kier alpha value is -0.450. The van der Waals surface area contributed by atoms with Gasteiger partial charge in [0.05, 0.1) is 11.2 Å². The molecule has 0 saturated heterocycles. The summed E-state index contributed by atoms with van der Waals surface area (Å²) in [6.07, 6.45) is -0.963. The first-order valence-corrected chi connectivity index (χ1v) is 3.83. The molecule has 0 spiro atoms. The summed E-state index contributed by atoms with van der Waals surface area (Å²) < 4.78 is 0. The number of aryl methyl sites for hydroxylation is 1. The molecule has 0 aromatic carbocycles. The Kier molecular flexibility index (Phi) is 2.37. The lowest BCUT2D eigenvalue weighted by molar-refractivity contribution is -0.0377. The molecule has 0 aliphatic carbocycles. The summed E-state index contributed by atoms with van der Waals surface area (Å²) in [6.45, 7) is 1.86. The molecule has 0 bridgehead atoms. The van der Waals surface area contributed by atoms with Gasteiger partial charge >= 0.3 is 0 Å². The summed E-state index contributed by atoms with van der Waals surface area (Å²) in [7, 11) is 0.